The minimum atomic E-state index is -4.01. The van der Waals surface area contributed by atoms with Crippen molar-refractivity contribution >= 4 is 33.2 Å². The fraction of sp³-hybridized carbons (Fsp3) is 0.280. The summed E-state index contributed by atoms with van der Waals surface area (Å²) in [7, 11) is -4.01. The van der Waals surface area contributed by atoms with Gasteiger partial charge in [-0.15, -0.1) is 0 Å². The maximum atomic E-state index is 13.3. The van der Waals surface area contributed by atoms with Crippen molar-refractivity contribution < 1.29 is 18.0 Å². The number of aromatic nitrogens is 2. The summed E-state index contributed by atoms with van der Waals surface area (Å²) in [5, 5.41) is 2.58. The number of anilines is 2. The predicted octanol–water partition coefficient (Wildman–Crippen LogP) is 2.26. The second-order valence-electron chi connectivity index (χ2n) is 9.15. The molecule has 10 nitrogen and oxygen atoms in total. The van der Waals surface area contributed by atoms with Crippen LogP contribution in [0.3, 0.4) is 0 Å². The summed E-state index contributed by atoms with van der Waals surface area (Å²) in [5.41, 5.74) is 1.35. The number of carbonyl (C=O) groups excluding carboxylic acids is 2. The number of nitrogens with zero attached hydrogens (tertiary/aromatic N) is 3. The fourth-order valence-corrected chi connectivity index (χ4v) is 6.04. The topological polar surface area (TPSA) is 130 Å². The number of likely N-dealkylation sites (tertiary alicyclic amines) is 1. The average Bonchev–Trinajstić information content (AvgIpc) is 2.86. The molecule has 36 heavy (non-hydrogen) atoms. The molecular formula is C25H25N5O5S. The van der Waals surface area contributed by atoms with E-state index in [-0.39, 0.29) is 34.2 Å². The van der Waals surface area contributed by atoms with Crippen molar-refractivity contribution in [3.63, 3.8) is 0 Å². The Morgan fingerprint density at radius 1 is 1.03 bits per heavy atom. The van der Waals surface area contributed by atoms with Gasteiger partial charge in [0, 0.05) is 56.3 Å². The Kier molecular flexibility index (Phi) is 6.09. The first-order valence-electron chi connectivity index (χ1n) is 11.5. The average molecular weight is 508 g/mol. The molecule has 1 aromatic carbocycles. The number of nitrogens with one attached hydrogen (secondary N) is 2. The van der Waals surface area contributed by atoms with Crippen LogP contribution in [0.15, 0.2) is 70.6 Å². The number of carbonyl (C=O) groups is 2. The van der Waals surface area contributed by atoms with Crippen molar-refractivity contribution in [2.45, 2.75) is 30.7 Å². The second-order valence-corrected chi connectivity index (χ2v) is 10.8. The maximum Gasteiger partial charge on any atom is 0.275 e. The third-order valence-corrected chi connectivity index (χ3v) is 7.91. The Balaban J connectivity index is 1.36. The van der Waals surface area contributed by atoms with Gasteiger partial charge in [-0.05, 0) is 60.9 Å². The van der Waals surface area contributed by atoms with Crippen molar-refractivity contribution in [3.05, 3.63) is 82.5 Å². The highest BCUT2D eigenvalue weighted by atomic mass is 32.2. The van der Waals surface area contributed by atoms with Gasteiger partial charge >= 0.3 is 0 Å². The molecule has 2 bridgehead atoms. The molecule has 1 fully saturated rings. The fourth-order valence-electron chi connectivity index (χ4n) is 4.99. The third kappa shape index (κ3) is 4.61. The van der Waals surface area contributed by atoms with E-state index in [0.717, 1.165) is 12.1 Å². The molecule has 2 aliphatic heterocycles. The molecule has 3 aromatic rings. The van der Waals surface area contributed by atoms with E-state index in [2.05, 4.69) is 15.0 Å². The molecule has 5 rings (SSSR count). The molecule has 2 amide bonds. The largest absolute Gasteiger partial charge is 0.338 e. The molecule has 0 spiro atoms. The quantitative estimate of drug-likeness (QED) is 0.545. The number of pyridine rings is 2. The Bertz CT molecular complexity index is 1490. The van der Waals surface area contributed by atoms with Gasteiger partial charge in [0.15, 0.2) is 0 Å². The van der Waals surface area contributed by atoms with Crippen LogP contribution in [0.1, 0.15) is 35.3 Å². The highest BCUT2D eigenvalue weighted by molar-refractivity contribution is 7.92. The van der Waals surface area contributed by atoms with Crippen LogP contribution in [0.4, 0.5) is 11.4 Å². The first-order valence-corrected chi connectivity index (χ1v) is 13.0. The van der Waals surface area contributed by atoms with Gasteiger partial charge in [-0.1, -0.05) is 0 Å². The summed E-state index contributed by atoms with van der Waals surface area (Å²) < 4.78 is 29.9. The van der Waals surface area contributed by atoms with Gasteiger partial charge in [0.05, 0.1) is 10.5 Å². The van der Waals surface area contributed by atoms with E-state index in [9.17, 15) is 22.8 Å². The van der Waals surface area contributed by atoms with Crippen LogP contribution in [0.25, 0.3) is 0 Å². The molecule has 11 heteroatoms. The standard InChI is InChI=1S/C25H25N5O5S/c1-16(31)27-20-4-6-21(7-5-20)36(34,35)28-22-8-9-23-19-11-17(14-30(23)25(22)33)13-29(15-19)24(32)18-3-2-10-26-12-18/h2-10,12,17,19,28H,11,13-15H2,1H3,(H,27,31)/t17-,19+/m0/s1. The lowest BCUT2D eigenvalue weighted by Crippen LogP contribution is -2.49. The summed E-state index contributed by atoms with van der Waals surface area (Å²) in [5.74, 6) is -0.275. The van der Waals surface area contributed by atoms with Gasteiger partial charge in [0.1, 0.15) is 5.69 Å². The molecule has 0 unspecified atom stereocenters. The number of benzene rings is 1. The molecule has 0 aliphatic carbocycles. The Labute approximate surface area is 208 Å². The van der Waals surface area contributed by atoms with Crippen LogP contribution in [0.2, 0.25) is 0 Å². The molecule has 4 heterocycles. The van der Waals surface area contributed by atoms with E-state index in [0.29, 0.717) is 30.9 Å². The van der Waals surface area contributed by atoms with Crippen LogP contribution >= 0.6 is 0 Å². The van der Waals surface area contributed by atoms with Crippen molar-refractivity contribution in [3.8, 4) is 0 Å². The second kappa shape index (κ2) is 9.23. The highest BCUT2D eigenvalue weighted by Gasteiger charge is 2.37. The van der Waals surface area contributed by atoms with E-state index in [4.69, 9.17) is 0 Å². The zero-order valence-corrected chi connectivity index (χ0v) is 20.4. The van der Waals surface area contributed by atoms with Gasteiger partial charge < -0.3 is 14.8 Å². The van der Waals surface area contributed by atoms with E-state index < -0.39 is 15.6 Å². The molecule has 2 aliphatic rings. The normalized spacial score (nSPS) is 18.8. The third-order valence-electron chi connectivity index (χ3n) is 6.53. The van der Waals surface area contributed by atoms with E-state index in [1.54, 1.807) is 35.2 Å². The Morgan fingerprint density at radius 3 is 2.50 bits per heavy atom. The molecule has 1 saturated heterocycles. The van der Waals surface area contributed by atoms with Crippen molar-refractivity contribution in [1.29, 1.82) is 0 Å². The smallest absolute Gasteiger partial charge is 0.275 e. The number of rotatable bonds is 5. The summed E-state index contributed by atoms with van der Waals surface area (Å²) >= 11 is 0. The monoisotopic (exact) mass is 507 g/mol. The SMILES string of the molecule is CC(=O)Nc1ccc(S(=O)(=O)Nc2ccc3n(c2=O)C[C@H]2C[C@@H]3CN(C(=O)c3cccnc3)C2)cc1. The first kappa shape index (κ1) is 23.7. The van der Waals surface area contributed by atoms with Gasteiger partial charge in [0.25, 0.3) is 21.5 Å². The van der Waals surface area contributed by atoms with Gasteiger partial charge in [-0.25, -0.2) is 8.42 Å². The molecule has 2 N–H and O–H groups in total. The number of hydrogen-bond acceptors (Lipinski definition) is 6. The number of amides is 2. The zero-order valence-electron chi connectivity index (χ0n) is 19.5. The van der Waals surface area contributed by atoms with Gasteiger partial charge in [-0.3, -0.25) is 24.1 Å². The first-order chi connectivity index (χ1) is 17.2. The molecule has 0 saturated carbocycles. The summed E-state index contributed by atoms with van der Waals surface area (Å²) in [6.45, 7) is 2.77. The molecule has 2 aromatic heterocycles. The van der Waals surface area contributed by atoms with Gasteiger partial charge in [0.2, 0.25) is 5.91 Å². The van der Waals surface area contributed by atoms with Crippen molar-refractivity contribution in [1.82, 2.24) is 14.5 Å². The predicted molar refractivity (Wildman–Crippen MR) is 133 cm³/mol. The lowest BCUT2D eigenvalue weighted by molar-refractivity contribution is -0.114. The Morgan fingerprint density at radius 2 is 1.81 bits per heavy atom. The van der Waals surface area contributed by atoms with Crippen molar-refractivity contribution in [2.24, 2.45) is 5.92 Å². The molecule has 2 atom stereocenters. The lowest BCUT2D eigenvalue weighted by atomic mass is 9.83. The van der Waals surface area contributed by atoms with E-state index in [1.807, 2.05) is 4.90 Å². The zero-order chi connectivity index (χ0) is 25.4. The van der Waals surface area contributed by atoms with Crippen LogP contribution in [0.5, 0.6) is 0 Å². The van der Waals surface area contributed by atoms with E-state index in [1.165, 1.54) is 37.3 Å². The number of piperidine rings is 1. The minimum Gasteiger partial charge on any atom is -0.338 e. The Hall–Kier alpha value is -3.99. The summed E-state index contributed by atoms with van der Waals surface area (Å²) in [6.07, 6.45) is 4.04. The van der Waals surface area contributed by atoms with Gasteiger partial charge in [-0.2, -0.15) is 0 Å². The number of sulfonamides is 1. The van der Waals surface area contributed by atoms with Crippen LogP contribution in [-0.4, -0.2) is 47.8 Å². The molecule has 186 valence electrons. The van der Waals surface area contributed by atoms with E-state index >= 15 is 0 Å². The molecule has 0 radical (unpaired) electrons. The minimum absolute atomic E-state index is 0.0159. The van der Waals surface area contributed by atoms with Crippen molar-refractivity contribution in [2.75, 3.05) is 23.1 Å². The lowest BCUT2D eigenvalue weighted by Gasteiger charge is -2.42. The number of hydrogen-bond donors (Lipinski definition) is 2. The van der Waals surface area contributed by atoms with Crippen LogP contribution < -0.4 is 15.6 Å². The molecular weight excluding hydrogens is 482 g/mol. The maximum absolute atomic E-state index is 13.3. The summed E-state index contributed by atoms with van der Waals surface area (Å²) in [4.78, 5) is 43.2. The van der Waals surface area contributed by atoms with Crippen LogP contribution in [0, 0.1) is 5.92 Å². The number of fused-ring (bicyclic) bond motifs is 4. The highest BCUT2D eigenvalue weighted by Crippen LogP contribution is 2.36. The summed E-state index contributed by atoms with van der Waals surface area (Å²) in [6, 6.07) is 12.4. The van der Waals surface area contributed by atoms with Crippen LogP contribution in [-0.2, 0) is 21.4 Å².